The van der Waals surface area contributed by atoms with Gasteiger partial charge in [-0.3, -0.25) is 9.36 Å². The fraction of sp³-hybridized carbons (Fsp3) is 0.526. The van der Waals surface area contributed by atoms with Gasteiger partial charge in [-0.2, -0.15) is 0 Å². The van der Waals surface area contributed by atoms with Crippen molar-refractivity contribution in [1.82, 2.24) is 35.1 Å². The van der Waals surface area contributed by atoms with Crippen LogP contribution in [-0.4, -0.2) is 80.4 Å². The minimum atomic E-state index is -0.917. The summed E-state index contributed by atoms with van der Waals surface area (Å²) in [5, 5.41) is 15.9. The fourth-order valence-electron chi connectivity index (χ4n) is 3.27. The zero-order valence-electron chi connectivity index (χ0n) is 17.2. The first-order valence-electron chi connectivity index (χ1n) is 9.93. The molecule has 3 amide bonds. The van der Waals surface area contributed by atoms with Gasteiger partial charge in [0.15, 0.2) is 17.7 Å². The molecule has 1 aliphatic heterocycles. The Balaban J connectivity index is 1.55. The van der Waals surface area contributed by atoms with E-state index in [1.165, 1.54) is 22.8 Å². The van der Waals surface area contributed by atoms with Gasteiger partial charge in [-0.15, -0.1) is 0 Å². The number of rotatable bonds is 4. The molecule has 1 saturated heterocycles. The highest BCUT2D eigenvalue weighted by molar-refractivity contribution is 5.83. The average molecular weight is 428 g/mol. The number of carbonyl (C=O) groups is 2. The number of amides is 3. The molecule has 0 aromatic carbocycles. The Kier molecular flexibility index (Phi) is 5.62. The van der Waals surface area contributed by atoms with E-state index in [4.69, 9.17) is 10.5 Å². The first kappa shape index (κ1) is 20.8. The number of nitrogens with two attached hydrogens (primary N) is 1. The number of nitrogens with one attached hydrogen (secondary N) is 2. The Bertz CT molecular complexity index is 1070. The largest absolute Gasteiger partial charge is 0.388 e. The van der Waals surface area contributed by atoms with Crippen molar-refractivity contribution >= 4 is 28.9 Å². The molecule has 164 valence electrons. The summed E-state index contributed by atoms with van der Waals surface area (Å²) in [4.78, 5) is 38.0. The number of nitrogens with zero attached hydrogens (tertiary/aromatic N) is 5. The molecular weight excluding hydrogens is 404 g/mol. The molecule has 1 aliphatic carbocycles. The minimum absolute atomic E-state index is 0.128. The van der Waals surface area contributed by atoms with Crippen LogP contribution in [0.4, 0.5) is 10.6 Å². The Hall–Kier alpha value is -3.43. The summed E-state index contributed by atoms with van der Waals surface area (Å²) in [5.41, 5.74) is 6.68. The van der Waals surface area contributed by atoms with Crippen molar-refractivity contribution in [1.29, 1.82) is 0 Å². The number of aliphatic hydroxyl groups is 1. The zero-order valence-corrected chi connectivity index (χ0v) is 17.2. The second kappa shape index (κ2) is 8.37. The highest BCUT2D eigenvalue weighted by Crippen LogP contribution is 2.32. The minimum Gasteiger partial charge on any atom is -0.388 e. The quantitative estimate of drug-likeness (QED) is 0.449. The van der Waals surface area contributed by atoms with Crippen molar-refractivity contribution in [2.24, 2.45) is 0 Å². The van der Waals surface area contributed by atoms with Crippen LogP contribution >= 0.6 is 0 Å². The van der Waals surface area contributed by atoms with E-state index in [0.29, 0.717) is 11.2 Å². The van der Waals surface area contributed by atoms with Crippen LogP contribution in [0.25, 0.3) is 11.2 Å². The lowest BCUT2D eigenvalue weighted by molar-refractivity contribution is -0.134. The number of aliphatic hydroxyl groups excluding tert-OH is 1. The molecule has 2 aromatic rings. The molecule has 4 rings (SSSR count). The van der Waals surface area contributed by atoms with E-state index >= 15 is 0 Å². The molecule has 1 saturated carbocycles. The summed E-state index contributed by atoms with van der Waals surface area (Å²) in [5.74, 6) is 5.64. The number of carbonyl (C=O) groups excluding carboxylic acids is 2. The topological polar surface area (TPSA) is 161 Å². The molecule has 0 bridgehead atoms. The molecule has 12 heteroatoms. The first-order chi connectivity index (χ1) is 14.9. The summed E-state index contributed by atoms with van der Waals surface area (Å²) in [6, 6.07) is -0.0617. The van der Waals surface area contributed by atoms with E-state index in [1.807, 2.05) is 0 Å². The lowest BCUT2D eigenvalue weighted by atomic mass is 10.2. The number of nitrogen functional groups attached to an aromatic ring is 1. The second-order valence-electron chi connectivity index (χ2n) is 7.57. The summed E-state index contributed by atoms with van der Waals surface area (Å²) < 4.78 is 7.35. The molecule has 0 radical (unpaired) electrons. The number of urea groups is 1. The SMILES string of the molecule is CNC(=O)N(C)CC#Cc1nc(N)c2ncn(C3OC(C(=O)NC4CC4)CC3O)c2n1. The molecular formula is C19H24N8O4. The normalized spacial score (nSPS) is 22.6. The van der Waals surface area contributed by atoms with Crippen molar-refractivity contribution in [2.75, 3.05) is 26.4 Å². The van der Waals surface area contributed by atoms with Gasteiger partial charge in [0.2, 0.25) is 11.7 Å². The van der Waals surface area contributed by atoms with Crippen LogP contribution in [0.1, 0.15) is 31.3 Å². The number of fused-ring (bicyclic) bond motifs is 1. The predicted molar refractivity (Wildman–Crippen MR) is 109 cm³/mol. The van der Waals surface area contributed by atoms with Crippen LogP contribution in [0.5, 0.6) is 0 Å². The van der Waals surface area contributed by atoms with Gasteiger partial charge in [-0.1, -0.05) is 5.92 Å². The molecule has 31 heavy (non-hydrogen) atoms. The number of aromatic nitrogens is 4. The van der Waals surface area contributed by atoms with Gasteiger partial charge in [0, 0.05) is 26.6 Å². The van der Waals surface area contributed by atoms with E-state index in [2.05, 4.69) is 37.4 Å². The molecule has 3 heterocycles. The second-order valence-corrected chi connectivity index (χ2v) is 7.57. The smallest absolute Gasteiger partial charge is 0.317 e. The summed E-state index contributed by atoms with van der Waals surface area (Å²) in [6.45, 7) is 0.169. The van der Waals surface area contributed by atoms with Crippen LogP contribution in [-0.2, 0) is 9.53 Å². The van der Waals surface area contributed by atoms with Crippen molar-refractivity contribution in [3.63, 3.8) is 0 Å². The average Bonchev–Trinajstić information content (AvgIpc) is 3.32. The third kappa shape index (κ3) is 4.37. The number of hydrogen-bond donors (Lipinski definition) is 4. The maximum atomic E-state index is 12.3. The van der Waals surface area contributed by atoms with Gasteiger partial charge in [0.05, 0.1) is 12.9 Å². The number of anilines is 1. The van der Waals surface area contributed by atoms with Crippen LogP contribution in [0.15, 0.2) is 6.33 Å². The fourth-order valence-corrected chi connectivity index (χ4v) is 3.27. The molecule has 2 aliphatic rings. The third-order valence-electron chi connectivity index (χ3n) is 5.10. The standard InChI is InChI=1S/C19H24N8O4/c1-21-19(30)26(2)7-3-4-13-24-15(20)14-16(25-13)27(9-22-14)18-11(28)8-12(31-18)17(29)23-10-5-6-10/h9-12,18,28H,5-8H2,1-2H3,(H,21,30)(H,23,29)(H2,20,24,25). The molecule has 3 unspecified atom stereocenters. The highest BCUT2D eigenvalue weighted by atomic mass is 16.5. The van der Waals surface area contributed by atoms with Crippen molar-refractivity contribution < 1.29 is 19.4 Å². The van der Waals surface area contributed by atoms with Gasteiger partial charge < -0.3 is 31.1 Å². The Labute approximate surface area is 178 Å². The molecule has 0 spiro atoms. The van der Waals surface area contributed by atoms with Crippen molar-refractivity contribution in [2.45, 2.75) is 43.7 Å². The zero-order chi connectivity index (χ0) is 22.1. The number of hydrogen-bond acceptors (Lipinski definition) is 8. The van der Waals surface area contributed by atoms with E-state index in [9.17, 15) is 14.7 Å². The first-order valence-corrected chi connectivity index (χ1v) is 9.93. The van der Waals surface area contributed by atoms with E-state index in [0.717, 1.165) is 12.8 Å². The summed E-state index contributed by atoms with van der Waals surface area (Å²) in [6.07, 6.45) is 1.04. The molecule has 3 atom stereocenters. The maximum Gasteiger partial charge on any atom is 0.317 e. The van der Waals surface area contributed by atoms with E-state index in [-0.39, 0.29) is 42.6 Å². The Morgan fingerprint density at radius 2 is 2.19 bits per heavy atom. The molecule has 2 aromatic heterocycles. The van der Waals surface area contributed by atoms with Gasteiger partial charge in [-0.25, -0.2) is 19.7 Å². The van der Waals surface area contributed by atoms with Gasteiger partial charge in [0.1, 0.15) is 17.7 Å². The lowest BCUT2D eigenvalue weighted by Crippen LogP contribution is -2.35. The van der Waals surface area contributed by atoms with Gasteiger partial charge in [-0.05, 0) is 18.8 Å². The monoisotopic (exact) mass is 428 g/mol. The Morgan fingerprint density at radius 3 is 2.90 bits per heavy atom. The third-order valence-corrected chi connectivity index (χ3v) is 5.10. The van der Waals surface area contributed by atoms with Crippen molar-refractivity contribution in [3.05, 3.63) is 12.2 Å². The lowest BCUT2D eigenvalue weighted by Gasteiger charge is -2.16. The van der Waals surface area contributed by atoms with Crippen LogP contribution in [0, 0.1) is 11.8 Å². The highest BCUT2D eigenvalue weighted by Gasteiger charge is 2.41. The summed E-state index contributed by atoms with van der Waals surface area (Å²) >= 11 is 0. The molecule has 12 nitrogen and oxygen atoms in total. The van der Waals surface area contributed by atoms with Crippen molar-refractivity contribution in [3.8, 4) is 11.8 Å². The van der Waals surface area contributed by atoms with Crippen LogP contribution < -0.4 is 16.4 Å². The van der Waals surface area contributed by atoms with Gasteiger partial charge in [0.25, 0.3) is 0 Å². The van der Waals surface area contributed by atoms with Gasteiger partial charge >= 0.3 is 6.03 Å². The van der Waals surface area contributed by atoms with Crippen LogP contribution in [0.3, 0.4) is 0 Å². The van der Waals surface area contributed by atoms with E-state index < -0.39 is 18.4 Å². The molecule has 5 N–H and O–H groups in total. The van der Waals surface area contributed by atoms with Crippen LogP contribution in [0.2, 0.25) is 0 Å². The maximum absolute atomic E-state index is 12.3. The predicted octanol–water partition coefficient (Wildman–Crippen LogP) is -1.04. The summed E-state index contributed by atoms with van der Waals surface area (Å²) in [7, 11) is 3.14. The van der Waals surface area contributed by atoms with E-state index in [1.54, 1.807) is 7.05 Å². The molecule has 2 fully saturated rings. The Morgan fingerprint density at radius 1 is 1.42 bits per heavy atom. The number of ether oxygens (including phenoxy) is 1. The number of imidazole rings is 1.